The Morgan fingerprint density at radius 1 is 0.589 bits per heavy atom. The summed E-state index contributed by atoms with van der Waals surface area (Å²) in [5, 5.41) is 62.5. The van der Waals surface area contributed by atoms with Crippen LogP contribution in [-0.2, 0) is 80.1 Å². The highest BCUT2D eigenvalue weighted by molar-refractivity contribution is 7.99. The largest absolute Gasteiger partial charge is 0.443 e. The van der Waals surface area contributed by atoms with Crippen LogP contribution in [0.1, 0.15) is 126 Å². The number of nitrogens with zero attached hydrogens (tertiary/aromatic N) is 3. The number of rotatable bonds is 34. The molecular formula is C84H113N21O18S. The van der Waals surface area contributed by atoms with Crippen LogP contribution in [0.4, 0.5) is 10.5 Å². The van der Waals surface area contributed by atoms with Crippen LogP contribution in [0, 0.1) is 11.8 Å². The molecule has 668 valence electrons. The molecule has 24 N–H and O–H groups in total. The highest BCUT2D eigenvalue weighted by Crippen LogP contribution is 2.34. The van der Waals surface area contributed by atoms with Crippen molar-refractivity contribution in [3.63, 3.8) is 0 Å². The Balaban J connectivity index is 0.998. The van der Waals surface area contributed by atoms with Crippen molar-refractivity contribution in [2.24, 2.45) is 34.8 Å². The van der Waals surface area contributed by atoms with Crippen LogP contribution < -0.4 is 97.4 Å². The van der Waals surface area contributed by atoms with E-state index in [0.29, 0.717) is 54.5 Å². The first-order valence-corrected chi connectivity index (χ1v) is 41.5. The third-order valence-electron chi connectivity index (χ3n) is 19.6. The third-order valence-corrected chi connectivity index (χ3v) is 20.6. The molecule has 1 unspecified atom stereocenters. The van der Waals surface area contributed by atoms with Crippen LogP contribution in [0.2, 0.25) is 0 Å². The van der Waals surface area contributed by atoms with Gasteiger partial charge in [-0.15, -0.1) is 0 Å². The number of nitrogens with one attached hydrogen (secondary N) is 14. The van der Waals surface area contributed by atoms with E-state index in [1.165, 1.54) is 25.6 Å². The Labute approximate surface area is 720 Å². The lowest BCUT2D eigenvalue weighted by Gasteiger charge is -2.28. The molecule has 124 heavy (non-hydrogen) atoms. The summed E-state index contributed by atoms with van der Waals surface area (Å²) in [4.78, 5) is 216. The van der Waals surface area contributed by atoms with Crippen LogP contribution >= 0.6 is 11.8 Å². The molecule has 39 nitrogen and oxygen atoms in total. The number of hydrogen-bond acceptors (Lipinski definition) is 25. The van der Waals surface area contributed by atoms with Gasteiger partial charge in [-0.05, 0) is 175 Å². The number of ether oxygens (including phenoxy) is 1. The molecule has 1 saturated heterocycles. The topological polar surface area (TPSA) is 609 Å². The van der Waals surface area contributed by atoms with Crippen LogP contribution in [0.5, 0.6) is 0 Å². The molecule has 1 fully saturated rings. The number of hydrogen-bond donors (Lipinski definition) is 20. The number of carbonyl (C=O) groups excluding carboxylic acids is 15. The van der Waals surface area contributed by atoms with Gasteiger partial charge in [0.25, 0.3) is 5.91 Å². The maximum absolute atomic E-state index is 14.7. The third kappa shape index (κ3) is 29.9. The van der Waals surface area contributed by atoms with Gasteiger partial charge in [-0.25, -0.2) is 4.79 Å². The number of anilines is 1. The summed E-state index contributed by atoms with van der Waals surface area (Å²) in [6.07, 6.45) is -1.77. The van der Waals surface area contributed by atoms with Crippen LogP contribution in [0.15, 0.2) is 131 Å². The molecule has 7 rings (SSSR count). The van der Waals surface area contributed by atoms with Crippen molar-refractivity contribution < 1.29 is 86.9 Å². The maximum atomic E-state index is 14.7. The average molecular weight is 1740 g/mol. The molecule has 1 aliphatic rings. The van der Waals surface area contributed by atoms with Crippen molar-refractivity contribution in [2.45, 2.75) is 195 Å². The molecule has 3 heterocycles. The maximum Gasteiger partial charge on any atom is 0.435 e. The van der Waals surface area contributed by atoms with E-state index in [0.717, 1.165) is 11.6 Å². The van der Waals surface area contributed by atoms with Crippen molar-refractivity contribution in [2.75, 3.05) is 45.1 Å². The molecule has 2 aromatic heterocycles. The SMILES string of the molecule is CNC(=O)c1ccccc1Sc1ccc2c(/C=C/c3ccccn3)nn(C(=O)OCc3ccc(NC(=O)[C@H](C)NC(=O)[C@@H](NC(=O)CC(=O)NC(C(=O)N[C@@H](CCN)C(=O)N[C@@H]4CCNC(=O)[C@@H]([C@H](C)O)NC(=O)[C@H](CCN)NC(=O)[C@H](CCN)NC(=O)[C@H](CC(C)C)NC(=O)[C@@H](Cc5ccccc5)NC(=O)[C@H](CCN)NC4=O)[C@H](C)O)C(C)C)cc3)c2c1. The van der Waals surface area contributed by atoms with E-state index >= 15 is 0 Å². The first kappa shape index (κ1) is 98.5. The lowest BCUT2D eigenvalue weighted by Crippen LogP contribution is -2.61. The summed E-state index contributed by atoms with van der Waals surface area (Å²) in [6.45, 7) is 8.73. The van der Waals surface area contributed by atoms with Gasteiger partial charge in [0.1, 0.15) is 79.5 Å². The van der Waals surface area contributed by atoms with Crippen LogP contribution in [-0.4, -0.2) is 232 Å². The van der Waals surface area contributed by atoms with Gasteiger partial charge in [0.15, 0.2) is 0 Å². The summed E-state index contributed by atoms with van der Waals surface area (Å²) >= 11 is 1.33. The van der Waals surface area contributed by atoms with E-state index in [9.17, 15) is 82.1 Å². The van der Waals surface area contributed by atoms with Gasteiger partial charge in [-0.2, -0.15) is 9.78 Å². The average Bonchev–Trinajstić information content (AvgIpc) is 1.62. The highest BCUT2D eigenvalue weighted by atomic mass is 32.2. The molecule has 0 aliphatic carbocycles. The molecule has 0 spiro atoms. The Kier molecular flexibility index (Phi) is 38.8. The van der Waals surface area contributed by atoms with Gasteiger partial charge >= 0.3 is 6.09 Å². The first-order valence-electron chi connectivity index (χ1n) is 40.6. The summed E-state index contributed by atoms with van der Waals surface area (Å²) in [5.41, 5.74) is 27.1. The molecule has 0 bridgehead atoms. The number of aliphatic hydroxyl groups is 2. The molecule has 6 aromatic rings. The van der Waals surface area contributed by atoms with Gasteiger partial charge in [0.2, 0.25) is 76.8 Å². The summed E-state index contributed by atoms with van der Waals surface area (Å²) in [7, 11) is 1.54. The number of pyridine rings is 1. The number of aliphatic hydroxyl groups excluding tert-OH is 2. The molecule has 13 atom stereocenters. The van der Waals surface area contributed by atoms with Gasteiger partial charge in [0.05, 0.1) is 34.7 Å². The lowest BCUT2D eigenvalue weighted by molar-refractivity contribution is -0.137. The van der Waals surface area contributed by atoms with Crippen molar-refractivity contribution in [3.05, 3.63) is 150 Å². The zero-order valence-corrected chi connectivity index (χ0v) is 71.1. The van der Waals surface area contributed by atoms with Crippen molar-refractivity contribution in [1.82, 2.24) is 83.9 Å². The van der Waals surface area contributed by atoms with Crippen molar-refractivity contribution >= 4 is 129 Å². The minimum Gasteiger partial charge on any atom is -0.443 e. The molecule has 40 heteroatoms. The van der Waals surface area contributed by atoms with Gasteiger partial charge in [-0.1, -0.05) is 100 Å². The Morgan fingerprint density at radius 2 is 1.16 bits per heavy atom. The predicted molar refractivity (Wildman–Crippen MR) is 459 cm³/mol. The van der Waals surface area contributed by atoms with Gasteiger partial charge in [0, 0.05) is 47.1 Å². The Hall–Kier alpha value is -12.6. The number of fused-ring (bicyclic) bond motifs is 1. The predicted octanol–water partition coefficient (Wildman–Crippen LogP) is -1.40. The number of aromatic nitrogens is 3. The quantitative estimate of drug-likeness (QED) is 0.0207. The van der Waals surface area contributed by atoms with Crippen LogP contribution in [0.3, 0.4) is 0 Å². The van der Waals surface area contributed by atoms with Crippen molar-refractivity contribution in [1.29, 1.82) is 0 Å². The second kappa shape index (κ2) is 48.9. The van der Waals surface area contributed by atoms with E-state index in [4.69, 9.17) is 27.7 Å². The van der Waals surface area contributed by atoms with E-state index < -0.39 is 187 Å². The molecule has 0 radical (unpaired) electrons. The fourth-order valence-electron chi connectivity index (χ4n) is 12.9. The fourth-order valence-corrected chi connectivity index (χ4v) is 13.9. The number of nitrogens with two attached hydrogens (primary N) is 4. The standard InChI is InChI=1S/C84H113N21O18S/c1-45(2)40-63-79(117)96-58(29-34-85)74(112)95-61(32-37-88)78(116)103-70(48(6)106)81(119)91-39-33-62(77(115)94-59(30-35-86)76(114)100-64(80(118)99-63)41-50-16-10-9-11-17-50)97-75(113)60(31-36-87)98-83(121)71(49(7)107)102-68(109)43-67(108)101-69(46(3)4)82(120)92-47(5)72(110)93-53-23-21-51(22-24-53)44-123-84(122)105-65-42-54(124-66-20-13-12-19-56(66)73(111)89-8)26-27-55(65)57(104-105)28-25-52-18-14-15-38-90-52/h9-28,38,42,45-49,58-64,69-71,106-107H,29-37,39-41,43-44,85-88H2,1-8H3,(H,89,111)(H,91,119)(H,92,120)(H,93,110)(H,94,115)(H,95,112)(H,96,117)(H,97,113)(H,98,121)(H,99,118)(H,100,114)(H,101,108)(H,102,109)(H,103,116)/b28-25+/t47-,48-,49-,58-,59-,60-,61-,62+,63-,64+,69-,70+,71?/m0/s1. The van der Waals surface area contributed by atoms with E-state index in [-0.39, 0.29) is 83.1 Å². The summed E-state index contributed by atoms with van der Waals surface area (Å²) < 4.78 is 6.91. The van der Waals surface area contributed by atoms with E-state index in [1.54, 1.807) is 132 Å². The number of benzene rings is 4. The van der Waals surface area contributed by atoms with Crippen LogP contribution in [0.25, 0.3) is 23.1 Å². The molecule has 14 amide bonds. The monoisotopic (exact) mass is 1740 g/mol. The molecule has 0 saturated carbocycles. The number of amides is 14. The minimum absolute atomic E-state index is 0.00966. The Bertz CT molecular complexity index is 4750. The van der Waals surface area contributed by atoms with Crippen molar-refractivity contribution in [3.8, 4) is 0 Å². The van der Waals surface area contributed by atoms with E-state index in [1.807, 2.05) is 36.4 Å². The highest BCUT2D eigenvalue weighted by Gasteiger charge is 2.39. The first-order chi connectivity index (χ1) is 59.1. The second-order valence-electron chi connectivity index (χ2n) is 30.3. The number of carbonyl (C=O) groups is 15. The summed E-state index contributed by atoms with van der Waals surface area (Å²) in [6, 6.07) is 15.9. The second-order valence-corrected chi connectivity index (χ2v) is 31.4. The zero-order valence-electron chi connectivity index (χ0n) is 70.2. The van der Waals surface area contributed by atoms with Gasteiger partial charge in [-0.3, -0.25) is 72.1 Å². The molecular weight excluding hydrogens is 1620 g/mol. The van der Waals surface area contributed by atoms with Gasteiger partial charge < -0.3 is 112 Å². The minimum atomic E-state index is -1.89. The van der Waals surface area contributed by atoms with E-state index in [2.05, 4.69) is 84.5 Å². The zero-order chi connectivity index (χ0) is 90.9. The fraction of sp³-hybridized carbons (Fsp3) is 0.440. The smallest absolute Gasteiger partial charge is 0.435 e. The molecule has 4 aromatic carbocycles. The molecule has 1 aliphatic heterocycles. The Morgan fingerprint density at radius 3 is 1.75 bits per heavy atom. The lowest BCUT2D eigenvalue weighted by atomic mass is 10.00. The summed E-state index contributed by atoms with van der Waals surface area (Å²) in [5.74, 6) is -13.9. The normalized spacial score (nSPS) is 19.3.